The van der Waals surface area contributed by atoms with Crippen LogP contribution in [0.25, 0.3) is 0 Å². The van der Waals surface area contributed by atoms with Crippen LogP contribution in [0.3, 0.4) is 0 Å². The molecule has 1 N–H and O–H groups in total. The molecule has 0 aromatic heterocycles. The minimum atomic E-state index is -0.00259. The van der Waals surface area contributed by atoms with Gasteiger partial charge in [-0.05, 0) is 28.1 Å². The van der Waals surface area contributed by atoms with Crippen LogP contribution in [0.1, 0.15) is 6.42 Å². The van der Waals surface area contributed by atoms with Crippen molar-refractivity contribution in [3.63, 3.8) is 0 Å². The predicted molar refractivity (Wildman–Crippen MR) is 65.6 cm³/mol. The summed E-state index contributed by atoms with van der Waals surface area (Å²) >= 11 is 7.60. The lowest BCUT2D eigenvalue weighted by molar-refractivity contribution is -0.117. The normalized spacial score (nSPS) is 21.1. The van der Waals surface area contributed by atoms with E-state index in [2.05, 4.69) is 28.6 Å². The zero-order valence-electron chi connectivity index (χ0n) is 7.85. The highest BCUT2D eigenvalue weighted by Crippen LogP contribution is 2.37. The molecule has 1 aliphatic heterocycles. The maximum Gasteiger partial charge on any atom is 0.228 e. The average Bonchev–Trinajstić information content (AvgIpc) is 2.45. The van der Waals surface area contributed by atoms with Gasteiger partial charge in [0.05, 0.1) is 0 Å². The molecule has 1 amide bonds. The highest BCUT2D eigenvalue weighted by molar-refractivity contribution is 9.10. The number of benzene rings is 1. The first-order valence-electron chi connectivity index (χ1n) is 4.55. The molecule has 0 spiro atoms. The number of rotatable bonds is 1. The third kappa shape index (κ3) is 1.99. The number of carbonyl (C=O) groups is 1. The van der Waals surface area contributed by atoms with Gasteiger partial charge in [0.25, 0.3) is 0 Å². The van der Waals surface area contributed by atoms with Gasteiger partial charge in [0.2, 0.25) is 5.91 Å². The molecule has 1 saturated heterocycles. The molecule has 3 nitrogen and oxygen atoms in total. The van der Waals surface area contributed by atoms with Crippen LogP contribution in [0, 0.1) is 0 Å². The third-order valence-electron chi connectivity index (χ3n) is 2.34. The van der Waals surface area contributed by atoms with Crippen molar-refractivity contribution in [3.05, 3.63) is 22.7 Å². The number of anilines is 1. The largest absolute Gasteiger partial charge is 0.506 e. The average molecular weight is 288 g/mol. The number of carbonyl (C=O) groups excluding carboxylic acids is 1. The molecule has 0 radical (unpaired) electrons. The van der Waals surface area contributed by atoms with Gasteiger partial charge in [0, 0.05) is 22.7 Å². The second-order valence-electron chi connectivity index (χ2n) is 3.47. The molecule has 15 heavy (non-hydrogen) atoms. The van der Waals surface area contributed by atoms with Gasteiger partial charge in [-0.3, -0.25) is 4.79 Å². The lowest BCUT2D eigenvalue weighted by Gasteiger charge is -2.18. The summed E-state index contributed by atoms with van der Waals surface area (Å²) in [5.74, 6) is 0.109. The Morgan fingerprint density at radius 3 is 2.80 bits per heavy atom. The summed E-state index contributed by atoms with van der Waals surface area (Å²) in [5.41, 5.74) is 0.541. The zero-order chi connectivity index (χ0) is 11.0. The van der Waals surface area contributed by atoms with Gasteiger partial charge in [-0.1, -0.05) is 6.07 Å². The maximum absolute atomic E-state index is 11.6. The number of nitrogens with zero attached hydrogens (tertiary/aromatic N) is 1. The lowest BCUT2D eigenvalue weighted by Crippen LogP contribution is -2.25. The van der Waals surface area contributed by atoms with Crippen molar-refractivity contribution >= 4 is 40.2 Å². The van der Waals surface area contributed by atoms with Gasteiger partial charge in [-0.25, -0.2) is 0 Å². The number of phenolic OH excluding ortho intramolecular Hbond substituents is 1. The highest BCUT2D eigenvalue weighted by Gasteiger charge is 2.30. The predicted octanol–water partition coefficient (Wildman–Crippen LogP) is 2.19. The van der Waals surface area contributed by atoms with Gasteiger partial charge in [-0.15, -0.1) is 0 Å². The van der Waals surface area contributed by atoms with Crippen LogP contribution >= 0.6 is 28.6 Å². The molecule has 5 heteroatoms. The van der Waals surface area contributed by atoms with E-state index in [1.807, 2.05) is 0 Å². The molecule has 1 fully saturated rings. The summed E-state index contributed by atoms with van der Waals surface area (Å²) in [5, 5.41) is 9.75. The second-order valence-corrected chi connectivity index (χ2v) is 5.05. The van der Waals surface area contributed by atoms with E-state index < -0.39 is 0 Å². The first kappa shape index (κ1) is 10.8. The van der Waals surface area contributed by atoms with Gasteiger partial charge in [0.15, 0.2) is 0 Å². The Hall–Kier alpha value is -0.680. The van der Waals surface area contributed by atoms with Crippen LogP contribution in [0.2, 0.25) is 0 Å². The van der Waals surface area contributed by atoms with Crippen LogP contribution in [0.15, 0.2) is 22.7 Å². The Morgan fingerprint density at radius 1 is 1.53 bits per heavy atom. The zero-order valence-corrected chi connectivity index (χ0v) is 10.3. The number of thiol groups is 1. The van der Waals surface area contributed by atoms with E-state index in [1.54, 1.807) is 23.1 Å². The molecule has 0 saturated carbocycles. The molecule has 0 aliphatic carbocycles. The molecule has 1 aliphatic rings. The SMILES string of the molecule is O=C1CC(S)CN1c1c(O)cccc1Br. The van der Waals surface area contributed by atoms with Crippen molar-refractivity contribution < 1.29 is 9.90 Å². The summed E-state index contributed by atoms with van der Waals surface area (Å²) in [6.07, 6.45) is 0.421. The van der Waals surface area contributed by atoms with Crippen molar-refractivity contribution in [1.82, 2.24) is 0 Å². The highest BCUT2D eigenvalue weighted by atomic mass is 79.9. The Labute approximate surface area is 102 Å². The van der Waals surface area contributed by atoms with E-state index >= 15 is 0 Å². The summed E-state index contributed by atoms with van der Waals surface area (Å²) in [7, 11) is 0. The maximum atomic E-state index is 11.6. The van der Waals surface area contributed by atoms with E-state index in [0.29, 0.717) is 18.7 Å². The molecule has 1 unspecified atom stereocenters. The van der Waals surface area contributed by atoms with Crippen molar-refractivity contribution in [1.29, 1.82) is 0 Å². The van der Waals surface area contributed by atoms with E-state index in [0.717, 1.165) is 4.47 Å². The fraction of sp³-hybridized carbons (Fsp3) is 0.300. The molecule has 1 atom stereocenters. The van der Waals surface area contributed by atoms with Crippen molar-refractivity contribution in [3.8, 4) is 5.75 Å². The minimum absolute atomic E-state index is 0.00259. The molecule has 1 heterocycles. The topological polar surface area (TPSA) is 40.5 Å². The van der Waals surface area contributed by atoms with E-state index in [4.69, 9.17) is 0 Å². The Kier molecular flexibility index (Phi) is 2.93. The van der Waals surface area contributed by atoms with Gasteiger partial charge < -0.3 is 10.0 Å². The summed E-state index contributed by atoms with van der Waals surface area (Å²) < 4.78 is 0.721. The number of halogens is 1. The van der Waals surface area contributed by atoms with Crippen LogP contribution in [0.5, 0.6) is 5.75 Å². The van der Waals surface area contributed by atoms with Crippen LogP contribution in [0.4, 0.5) is 5.69 Å². The van der Waals surface area contributed by atoms with Crippen molar-refractivity contribution in [2.75, 3.05) is 11.4 Å². The summed E-state index contributed by atoms with van der Waals surface area (Å²) in [6.45, 7) is 0.540. The summed E-state index contributed by atoms with van der Waals surface area (Å²) in [6, 6.07) is 5.09. The number of para-hydroxylation sites is 1. The van der Waals surface area contributed by atoms with Gasteiger partial charge >= 0.3 is 0 Å². The first-order valence-corrected chi connectivity index (χ1v) is 5.86. The number of phenols is 1. The minimum Gasteiger partial charge on any atom is -0.506 e. The fourth-order valence-corrected chi connectivity index (χ4v) is 2.57. The number of hydrogen-bond donors (Lipinski definition) is 2. The fourth-order valence-electron chi connectivity index (χ4n) is 1.68. The van der Waals surface area contributed by atoms with E-state index in [-0.39, 0.29) is 16.9 Å². The van der Waals surface area contributed by atoms with Crippen LogP contribution in [-0.4, -0.2) is 22.8 Å². The van der Waals surface area contributed by atoms with Crippen LogP contribution < -0.4 is 4.90 Å². The molecule has 2 rings (SSSR count). The first-order chi connectivity index (χ1) is 7.09. The number of aromatic hydroxyl groups is 1. The Bertz CT molecular complexity index is 390. The number of hydrogen-bond acceptors (Lipinski definition) is 3. The van der Waals surface area contributed by atoms with E-state index in [9.17, 15) is 9.90 Å². The van der Waals surface area contributed by atoms with Crippen molar-refractivity contribution in [2.24, 2.45) is 0 Å². The standard InChI is InChI=1S/C10H10BrNO2S/c11-7-2-1-3-8(13)10(7)12-5-6(15)4-9(12)14/h1-3,6,13,15H,4-5H2. The summed E-state index contributed by atoms with van der Waals surface area (Å²) in [4.78, 5) is 13.2. The van der Waals surface area contributed by atoms with Crippen LogP contribution in [-0.2, 0) is 4.79 Å². The van der Waals surface area contributed by atoms with Crippen molar-refractivity contribution in [2.45, 2.75) is 11.7 Å². The monoisotopic (exact) mass is 287 g/mol. The Balaban J connectivity index is 2.41. The lowest BCUT2D eigenvalue weighted by atomic mass is 10.2. The molecule has 80 valence electrons. The third-order valence-corrected chi connectivity index (χ3v) is 3.33. The molecule has 1 aromatic carbocycles. The van der Waals surface area contributed by atoms with E-state index in [1.165, 1.54) is 0 Å². The quantitative estimate of drug-likeness (QED) is 0.778. The molecule has 1 aromatic rings. The molecular formula is C10H10BrNO2S. The number of amides is 1. The molecular weight excluding hydrogens is 278 g/mol. The van der Waals surface area contributed by atoms with Gasteiger partial charge in [-0.2, -0.15) is 12.6 Å². The molecule has 0 bridgehead atoms. The smallest absolute Gasteiger partial charge is 0.228 e. The van der Waals surface area contributed by atoms with Gasteiger partial charge in [0.1, 0.15) is 11.4 Å². The second kappa shape index (κ2) is 4.06. The Morgan fingerprint density at radius 2 is 2.27 bits per heavy atom.